The molecule has 3 aromatic carbocycles. The van der Waals surface area contributed by atoms with Crippen molar-refractivity contribution < 1.29 is 62.7 Å². The van der Waals surface area contributed by atoms with Gasteiger partial charge in [-0.2, -0.15) is 0 Å². The number of allylic oxidation sites excluding steroid dienone is 1. The average molecular weight is 1080 g/mol. The van der Waals surface area contributed by atoms with E-state index in [4.69, 9.17) is 43.2 Å². The van der Waals surface area contributed by atoms with Crippen molar-refractivity contribution >= 4 is 23.6 Å². The monoisotopic (exact) mass is 1080 g/mol. The third-order valence-corrected chi connectivity index (χ3v) is 15.7. The van der Waals surface area contributed by atoms with Crippen LogP contribution in [0.1, 0.15) is 152 Å². The molecule has 424 valence electrons. The molecule has 18 nitrogen and oxygen atoms in total. The van der Waals surface area contributed by atoms with Crippen LogP contribution >= 0.6 is 0 Å². The number of hydrogen-bond donors (Lipinski definition) is 3. The highest BCUT2D eigenvalue weighted by atomic mass is 16.8. The summed E-state index contributed by atoms with van der Waals surface area (Å²) in [4.78, 5) is 47.9. The Morgan fingerprint density at radius 2 is 1.58 bits per heavy atom. The van der Waals surface area contributed by atoms with Crippen LogP contribution < -0.4 is 29.0 Å². The summed E-state index contributed by atoms with van der Waals surface area (Å²) in [5.74, 6) is -1.05. The molecule has 3 aromatic rings. The predicted octanol–water partition coefficient (Wildman–Crippen LogP) is 12.2. The molecule has 1 saturated heterocycles. The van der Waals surface area contributed by atoms with Gasteiger partial charge in [0.05, 0.1) is 29.8 Å². The second kappa shape index (κ2) is 29.1. The molecule has 8 rings (SSSR count). The molecule has 1 saturated carbocycles. The van der Waals surface area contributed by atoms with Gasteiger partial charge in [-0.25, -0.2) is 9.59 Å². The number of carbonyl (C=O) groups excluding carboxylic acids is 2. The first-order valence-electron chi connectivity index (χ1n) is 28.6. The van der Waals surface area contributed by atoms with Gasteiger partial charge >= 0.3 is 12.2 Å². The number of carbonyl (C=O) groups is 2. The van der Waals surface area contributed by atoms with E-state index in [1.54, 1.807) is 29.2 Å². The highest BCUT2D eigenvalue weighted by Crippen LogP contribution is 2.62. The Hall–Kier alpha value is -6.21. The second-order valence-electron chi connectivity index (χ2n) is 21.1. The number of nitro benzene ring substituents is 1. The number of unbranched alkanes of at least 4 members (excludes halogenated alkanes) is 11. The third-order valence-electron chi connectivity index (χ3n) is 15.7. The van der Waals surface area contributed by atoms with Crippen LogP contribution in [-0.4, -0.2) is 95.8 Å². The van der Waals surface area contributed by atoms with Gasteiger partial charge < -0.3 is 53.5 Å². The first-order chi connectivity index (χ1) is 38.2. The van der Waals surface area contributed by atoms with Crippen molar-refractivity contribution in [3.05, 3.63) is 106 Å². The maximum absolute atomic E-state index is 15.3. The molecular weight excluding hydrogens is 1000 g/mol. The van der Waals surface area contributed by atoms with E-state index in [1.165, 1.54) is 69.2 Å². The fourth-order valence-corrected chi connectivity index (χ4v) is 11.9. The van der Waals surface area contributed by atoms with Crippen LogP contribution in [0.25, 0.3) is 0 Å². The van der Waals surface area contributed by atoms with Gasteiger partial charge in [0, 0.05) is 62.8 Å². The molecule has 1 unspecified atom stereocenters. The van der Waals surface area contributed by atoms with E-state index in [-0.39, 0.29) is 62.9 Å². The van der Waals surface area contributed by atoms with Gasteiger partial charge in [0.15, 0.2) is 11.5 Å². The summed E-state index contributed by atoms with van der Waals surface area (Å²) in [6.45, 7) is 7.35. The number of nitrogens with one attached hydrogen (secondary N) is 1. The molecule has 78 heavy (non-hydrogen) atoms. The smallest absolute Gasteiger partial charge is 0.416 e. The van der Waals surface area contributed by atoms with Crippen molar-refractivity contribution in [1.29, 1.82) is 0 Å². The van der Waals surface area contributed by atoms with Crippen LogP contribution in [0.3, 0.4) is 0 Å². The first kappa shape index (κ1) is 58.0. The van der Waals surface area contributed by atoms with Crippen molar-refractivity contribution in [3.63, 3.8) is 0 Å². The maximum atomic E-state index is 15.3. The molecule has 0 radical (unpaired) electrons. The van der Waals surface area contributed by atoms with Crippen LogP contribution in [0.15, 0.2) is 90.1 Å². The van der Waals surface area contributed by atoms with Crippen LogP contribution in [0, 0.1) is 27.9 Å². The molecule has 3 aliphatic heterocycles. The van der Waals surface area contributed by atoms with Crippen LogP contribution in [0.5, 0.6) is 28.7 Å². The third kappa shape index (κ3) is 14.7. The Bertz CT molecular complexity index is 2510. The summed E-state index contributed by atoms with van der Waals surface area (Å²) in [6, 6.07) is 15.1. The van der Waals surface area contributed by atoms with Crippen molar-refractivity contribution in [3.8, 4) is 28.7 Å². The molecule has 3 heterocycles. The molecule has 3 N–H and O–H groups in total. The number of amides is 2. The SMILES string of the molecule is C=CCO[C@@]12Oc3ccc(OC(=O)NCCCCCCCCCCCC)cc3[C@H]3[C@H](CCCCO)[C@@H](CCCCO)C=C(C(=NOC4CCCCO4)C[C@@H]1N(Cc1ccc4c(c1)OCO4)C(=O)Oc1ccc([N+](=O)[O-])cc1)[C@H]32. The van der Waals surface area contributed by atoms with Gasteiger partial charge in [0.25, 0.3) is 5.69 Å². The number of non-ortho nitro benzene ring substituents is 1. The van der Waals surface area contributed by atoms with Gasteiger partial charge in [0.1, 0.15) is 23.3 Å². The lowest BCUT2D eigenvalue weighted by atomic mass is 9.55. The number of rotatable bonds is 30. The fourth-order valence-electron chi connectivity index (χ4n) is 11.9. The number of ether oxygens (including phenoxy) is 7. The number of benzene rings is 3. The summed E-state index contributed by atoms with van der Waals surface area (Å²) in [5, 5.41) is 39.8. The van der Waals surface area contributed by atoms with E-state index in [0.717, 1.165) is 56.1 Å². The average Bonchev–Trinajstić information content (AvgIpc) is 2.84. The molecule has 2 fully saturated rings. The molecule has 18 heteroatoms. The lowest BCUT2D eigenvalue weighted by molar-refractivity contribution is -0.384. The fraction of sp³-hybridized carbons (Fsp3) is 0.583. The lowest BCUT2D eigenvalue weighted by Gasteiger charge is -2.59. The number of aliphatic hydroxyl groups excluding tert-OH is 2. The van der Waals surface area contributed by atoms with Gasteiger partial charge in [-0.1, -0.05) is 101 Å². The summed E-state index contributed by atoms with van der Waals surface area (Å²) >= 11 is 0. The highest BCUT2D eigenvalue weighted by Gasteiger charge is 2.66. The molecule has 0 bridgehead atoms. The van der Waals surface area contributed by atoms with Gasteiger partial charge in [-0.15, -0.1) is 6.58 Å². The lowest BCUT2D eigenvalue weighted by Crippen LogP contribution is -2.70. The van der Waals surface area contributed by atoms with Crippen molar-refractivity contribution in [2.75, 3.05) is 39.8 Å². The molecule has 7 atom stereocenters. The number of fused-ring (bicyclic) bond motifs is 3. The molecular formula is C60H80N4O14. The van der Waals surface area contributed by atoms with E-state index in [1.807, 2.05) is 18.2 Å². The van der Waals surface area contributed by atoms with Gasteiger partial charge in [-0.05, 0) is 110 Å². The summed E-state index contributed by atoms with van der Waals surface area (Å²) in [5.41, 5.74) is 2.63. The number of aliphatic hydroxyl groups is 2. The normalized spacial score (nSPS) is 23.3. The highest BCUT2D eigenvalue weighted by molar-refractivity contribution is 6.03. The van der Waals surface area contributed by atoms with Crippen molar-refractivity contribution in [2.45, 2.75) is 166 Å². The molecule has 0 spiro atoms. The molecule has 2 amide bonds. The topological polar surface area (TPSA) is 219 Å². The maximum Gasteiger partial charge on any atom is 0.416 e. The Morgan fingerprint density at radius 1 is 0.859 bits per heavy atom. The van der Waals surface area contributed by atoms with Crippen LogP contribution in [0.2, 0.25) is 0 Å². The summed E-state index contributed by atoms with van der Waals surface area (Å²) < 4.78 is 44.3. The standard InChI is InChI=1S/C60H80N4O14/c1-3-5-6-7-8-9-10-11-12-16-31-61-58(67)75-46-28-30-51-49(38-46)56-47(21-14-18-33-66)43(20-13-17-32-65)37-48-50(62-78-55-22-15-19-35-71-55)39-54(60(77-51,57(48)56)74-34-4-2)63(40-42-23-29-52-53(36-42)73-41-72-52)59(68)76-45-26-24-44(25-27-45)64(69)70/h4,23-30,36-38,43,47,54-57,65-66H,2-3,5-22,31-35,39-41H2,1H3,(H,61,67)/t43-,47+,54-,55?,56+,57+,60+/m0/s1. The Morgan fingerprint density at radius 3 is 2.29 bits per heavy atom. The van der Waals surface area contributed by atoms with E-state index in [9.17, 15) is 25.1 Å². The summed E-state index contributed by atoms with van der Waals surface area (Å²) in [6.07, 6.45) is 20.3. The number of hydrogen-bond acceptors (Lipinski definition) is 15. The number of oxime groups is 1. The molecule has 2 aliphatic carbocycles. The molecule has 0 aromatic heterocycles. The van der Waals surface area contributed by atoms with E-state index >= 15 is 4.79 Å². The van der Waals surface area contributed by atoms with Crippen molar-refractivity contribution in [1.82, 2.24) is 10.2 Å². The minimum absolute atomic E-state index is 0.00596. The number of nitrogens with zero attached hydrogens (tertiary/aromatic N) is 3. The Balaban J connectivity index is 1.21. The Kier molecular flexibility index (Phi) is 21.6. The zero-order valence-corrected chi connectivity index (χ0v) is 45.3. The largest absolute Gasteiger partial charge is 0.459 e. The zero-order valence-electron chi connectivity index (χ0n) is 45.3. The summed E-state index contributed by atoms with van der Waals surface area (Å²) in [7, 11) is 0. The quantitative estimate of drug-likeness (QED) is 0.0245. The van der Waals surface area contributed by atoms with Crippen LogP contribution in [0.4, 0.5) is 15.3 Å². The van der Waals surface area contributed by atoms with Gasteiger partial charge in [-0.3, -0.25) is 15.0 Å². The Labute approximate surface area is 458 Å². The zero-order chi connectivity index (χ0) is 54.7. The van der Waals surface area contributed by atoms with Crippen LogP contribution in [-0.2, 0) is 20.9 Å². The second-order valence-corrected chi connectivity index (χ2v) is 21.1. The minimum Gasteiger partial charge on any atom is -0.459 e. The first-order valence-corrected chi connectivity index (χ1v) is 28.6. The van der Waals surface area contributed by atoms with E-state index < -0.39 is 47.1 Å². The van der Waals surface area contributed by atoms with E-state index in [0.29, 0.717) is 79.5 Å². The van der Waals surface area contributed by atoms with E-state index in [2.05, 4.69) is 24.9 Å². The van der Waals surface area contributed by atoms with Crippen molar-refractivity contribution in [2.24, 2.45) is 22.9 Å². The minimum atomic E-state index is -1.68. The predicted molar refractivity (Wildman–Crippen MR) is 293 cm³/mol. The van der Waals surface area contributed by atoms with Gasteiger partial charge in [0.2, 0.25) is 18.9 Å². The molecule has 5 aliphatic rings. The number of nitro groups is 1.